The van der Waals surface area contributed by atoms with Gasteiger partial charge in [-0.1, -0.05) is 13.8 Å². The van der Waals surface area contributed by atoms with Crippen molar-refractivity contribution >= 4 is 11.8 Å². The Hall–Kier alpha value is 0.310. The maximum absolute atomic E-state index is 3.80. The molecule has 82 valence electrons. The largest absolute Gasteiger partial charge is 0.312 e. The molecular formula is C12H23NS. The van der Waals surface area contributed by atoms with Crippen LogP contribution in [0.15, 0.2) is 0 Å². The Balaban J connectivity index is 1.73. The van der Waals surface area contributed by atoms with Crippen LogP contribution in [-0.2, 0) is 0 Å². The second-order valence-electron chi connectivity index (χ2n) is 5.06. The molecule has 14 heavy (non-hydrogen) atoms. The molecule has 2 heteroatoms. The highest BCUT2D eigenvalue weighted by Crippen LogP contribution is 2.48. The molecule has 0 bridgehead atoms. The molecule has 0 radical (unpaired) electrons. The van der Waals surface area contributed by atoms with Crippen molar-refractivity contribution in [2.75, 3.05) is 12.3 Å². The van der Waals surface area contributed by atoms with Crippen molar-refractivity contribution in [2.24, 2.45) is 5.41 Å². The van der Waals surface area contributed by atoms with E-state index >= 15 is 0 Å². The topological polar surface area (TPSA) is 12.0 Å². The summed E-state index contributed by atoms with van der Waals surface area (Å²) < 4.78 is 0. The van der Waals surface area contributed by atoms with Gasteiger partial charge in [-0.05, 0) is 43.3 Å². The SMILES string of the molecule is CCC1(CNC2CCCSC2C)CC1. The Morgan fingerprint density at radius 1 is 1.43 bits per heavy atom. The fraction of sp³-hybridized carbons (Fsp3) is 1.00. The van der Waals surface area contributed by atoms with Crippen LogP contribution >= 0.6 is 11.8 Å². The minimum atomic E-state index is 0.710. The van der Waals surface area contributed by atoms with Gasteiger partial charge in [0.25, 0.3) is 0 Å². The summed E-state index contributed by atoms with van der Waals surface area (Å²) in [6.07, 6.45) is 7.10. The lowest BCUT2D eigenvalue weighted by Gasteiger charge is -2.30. The van der Waals surface area contributed by atoms with E-state index in [1.54, 1.807) is 0 Å². The standard InChI is InChI=1S/C12H23NS/c1-3-12(6-7-12)9-13-11-5-4-8-14-10(11)2/h10-11,13H,3-9H2,1-2H3. The molecule has 1 aliphatic heterocycles. The van der Waals surface area contributed by atoms with Crippen molar-refractivity contribution in [1.29, 1.82) is 0 Å². The van der Waals surface area contributed by atoms with Crippen LogP contribution in [0.3, 0.4) is 0 Å². The van der Waals surface area contributed by atoms with Gasteiger partial charge < -0.3 is 5.32 Å². The predicted octanol–water partition coefficient (Wildman–Crippen LogP) is 3.05. The monoisotopic (exact) mass is 213 g/mol. The van der Waals surface area contributed by atoms with Crippen LogP contribution in [0, 0.1) is 5.41 Å². The van der Waals surface area contributed by atoms with E-state index < -0.39 is 0 Å². The quantitative estimate of drug-likeness (QED) is 0.770. The van der Waals surface area contributed by atoms with Crippen LogP contribution < -0.4 is 5.32 Å². The average molecular weight is 213 g/mol. The zero-order chi connectivity index (χ0) is 10.0. The highest BCUT2D eigenvalue weighted by Gasteiger charge is 2.40. The highest BCUT2D eigenvalue weighted by atomic mass is 32.2. The van der Waals surface area contributed by atoms with E-state index in [4.69, 9.17) is 0 Å². The zero-order valence-electron chi connectivity index (χ0n) is 9.51. The summed E-state index contributed by atoms with van der Waals surface area (Å²) in [5.41, 5.74) is 0.710. The molecule has 0 aromatic rings. The van der Waals surface area contributed by atoms with Crippen molar-refractivity contribution in [2.45, 2.75) is 57.2 Å². The van der Waals surface area contributed by atoms with Crippen molar-refractivity contribution in [3.8, 4) is 0 Å². The Morgan fingerprint density at radius 3 is 2.79 bits per heavy atom. The number of thioether (sulfide) groups is 1. The third-order valence-corrected chi connectivity index (χ3v) is 5.43. The molecule has 2 atom stereocenters. The average Bonchev–Trinajstić information content (AvgIpc) is 2.98. The molecule has 1 saturated heterocycles. The summed E-state index contributed by atoms with van der Waals surface area (Å²) in [4.78, 5) is 0. The molecule has 1 aliphatic carbocycles. The van der Waals surface area contributed by atoms with Crippen molar-refractivity contribution in [1.82, 2.24) is 5.32 Å². The lowest BCUT2D eigenvalue weighted by Crippen LogP contribution is -2.41. The molecule has 2 rings (SSSR count). The summed E-state index contributed by atoms with van der Waals surface area (Å²) in [6.45, 7) is 6.00. The maximum atomic E-state index is 3.80. The van der Waals surface area contributed by atoms with Crippen LogP contribution in [0.2, 0.25) is 0 Å². The Morgan fingerprint density at radius 2 is 2.21 bits per heavy atom. The van der Waals surface area contributed by atoms with E-state index in [0.29, 0.717) is 5.41 Å². The summed E-state index contributed by atoms with van der Waals surface area (Å²) in [5.74, 6) is 1.37. The van der Waals surface area contributed by atoms with Gasteiger partial charge in [-0.15, -0.1) is 0 Å². The van der Waals surface area contributed by atoms with Gasteiger partial charge in [0.1, 0.15) is 0 Å². The number of hydrogen-bond acceptors (Lipinski definition) is 2. The molecule has 2 fully saturated rings. The fourth-order valence-electron chi connectivity index (χ4n) is 2.37. The Bertz CT molecular complexity index is 189. The minimum absolute atomic E-state index is 0.710. The first-order valence-electron chi connectivity index (χ1n) is 6.11. The summed E-state index contributed by atoms with van der Waals surface area (Å²) in [6, 6.07) is 0.790. The van der Waals surface area contributed by atoms with E-state index in [2.05, 4.69) is 30.9 Å². The van der Waals surface area contributed by atoms with Gasteiger partial charge in [-0.2, -0.15) is 11.8 Å². The smallest absolute Gasteiger partial charge is 0.0184 e. The summed E-state index contributed by atoms with van der Waals surface area (Å²) in [7, 11) is 0. The molecule has 1 heterocycles. The van der Waals surface area contributed by atoms with Gasteiger partial charge in [0.15, 0.2) is 0 Å². The van der Waals surface area contributed by atoms with Crippen LogP contribution in [0.5, 0.6) is 0 Å². The van der Waals surface area contributed by atoms with E-state index in [-0.39, 0.29) is 0 Å². The normalized spacial score (nSPS) is 35.6. The molecular weight excluding hydrogens is 190 g/mol. The van der Waals surface area contributed by atoms with Gasteiger partial charge in [0.2, 0.25) is 0 Å². The third kappa shape index (κ3) is 2.46. The zero-order valence-corrected chi connectivity index (χ0v) is 10.3. The van der Waals surface area contributed by atoms with Crippen molar-refractivity contribution < 1.29 is 0 Å². The second kappa shape index (κ2) is 4.44. The van der Waals surface area contributed by atoms with Gasteiger partial charge in [0, 0.05) is 17.8 Å². The van der Waals surface area contributed by atoms with Crippen molar-refractivity contribution in [3.63, 3.8) is 0 Å². The summed E-state index contributed by atoms with van der Waals surface area (Å²) >= 11 is 2.14. The number of hydrogen-bond donors (Lipinski definition) is 1. The molecule has 2 aliphatic rings. The predicted molar refractivity (Wildman–Crippen MR) is 64.9 cm³/mol. The summed E-state index contributed by atoms with van der Waals surface area (Å²) in [5, 5.41) is 4.63. The third-order valence-electron chi connectivity index (χ3n) is 4.05. The maximum Gasteiger partial charge on any atom is 0.0184 e. The van der Waals surface area contributed by atoms with Gasteiger partial charge >= 0.3 is 0 Å². The van der Waals surface area contributed by atoms with Crippen LogP contribution in [0.1, 0.15) is 46.0 Å². The molecule has 1 nitrogen and oxygen atoms in total. The Kier molecular flexibility index (Phi) is 3.43. The lowest BCUT2D eigenvalue weighted by atomic mass is 10.0. The molecule has 0 aromatic heterocycles. The second-order valence-corrected chi connectivity index (χ2v) is 6.54. The fourth-order valence-corrected chi connectivity index (χ4v) is 3.54. The minimum Gasteiger partial charge on any atom is -0.312 e. The van der Waals surface area contributed by atoms with Gasteiger partial charge in [-0.25, -0.2) is 0 Å². The van der Waals surface area contributed by atoms with Crippen molar-refractivity contribution in [3.05, 3.63) is 0 Å². The first-order chi connectivity index (χ1) is 6.76. The first-order valence-corrected chi connectivity index (χ1v) is 7.16. The molecule has 0 amide bonds. The van der Waals surface area contributed by atoms with Crippen LogP contribution in [-0.4, -0.2) is 23.6 Å². The molecule has 0 aromatic carbocycles. The van der Waals surface area contributed by atoms with Gasteiger partial charge in [-0.3, -0.25) is 0 Å². The molecule has 1 N–H and O–H groups in total. The molecule has 0 spiro atoms. The van der Waals surface area contributed by atoms with Crippen LogP contribution in [0.25, 0.3) is 0 Å². The van der Waals surface area contributed by atoms with Gasteiger partial charge in [0.05, 0.1) is 0 Å². The van der Waals surface area contributed by atoms with E-state index in [1.165, 1.54) is 44.4 Å². The molecule has 1 saturated carbocycles. The highest BCUT2D eigenvalue weighted by molar-refractivity contribution is 7.99. The molecule has 2 unspecified atom stereocenters. The van der Waals surface area contributed by atoms with Crippen LogP contribution in [0.4, 0.5) is 0 Å². The number of rotatable bonds is 4. The first kappa shape index (κ1) is 10.8. The Labute approximate surface area is 92.4 Å². The number of nitrogens with one attached hydrogen (secondary N) is 1. The van der Waals surface area contributed by atoms with E-state index in [9.17, 15) is 0 Å². The van der Waals surface area contributed by atoms with E-state index in [0.717, 1.165) is 11.3 Å². The van der Waals surface area contributed by atoms with E-state index in [1.807, 2.05) is 0 Å². The lowest BCUT2D eigenvalue weighted by molar-refractivity contribution is 0.380.